The third-order valence-electron chi connectivity index (χ3n) is 7.28. The largest absolute Gasteiger partial charge is 0.336 e. The Balaban J connectivity index is 1.25. The van der Waals surface area contributed by atoms with Crippen molar-refractivity contribution in [2.24, 2.45) is 5.92 Å². The van der Waals surface area contributed by atoms with Crippen LogP contribution in [0.5, 0.6) is 0 Å². The van der Waals surface area contributed by atoms with E-state index in [4.69, 9.17) is 0 Å². The van der Waals surface area contributed by atoms with Crippen molar-refractivity contribution in [1.82, 2.24) is 25.1 Å². The Hall–Kier alpha value is -4.14. The number of fused-ring (bicyclic) bond motifs is 2. The summed E-state index contributed by atoms with van der Waals surface area (Å²) < 4.78 is 14.9. The molecule has 1 N–H and O–H groups in total. The smallest absolute Gasteiger partial charge is 0.272 e. The number of nitrogens with zero attached hydrogens (tertiary/aromatic N) is 5. The number of nitrogens with one attached hydrogen (secondary N) is 1. The second-order valence-corrected chi connectivity index (χ2v) is 9.46. The highest BCUT2D eigenvalue weighted by Gasteiger charge is 2.42. The van der Waals surface area contributed by atoms with Crippen LogP contribution < -0.4 is 10.5 Å². The molecule has 2 aromatic carbocycles. The molecule has 2 saturated heterocycles. The van der Waals surface area contributed by atoms with Crippen LogP contribution >= 0.6 is 0 Å². The Morgan fingerprint density at radius 1 is 1.06 bits per heavy atom. The molecule has 2 unspecified atom stereocenters. The second kappa shape index (κ2) is 9.14. The lowest BCUT2D eigenvalue weighted by Gasteiger charge is -2.36. The minimum absolute atomic E-state index is 0.0578. The van der Waals surface area contributed by atoms with Crippen molar-refractivity contribution in [2.45, 2.75) is 25.3 Å². The zero-order valence-electron chi connectivity index (χ0n) is 19.6. The van der Waals surface area contributed by atoms with Crippen molar-refractivity contribution in [3.63, 3.8) is 0 Å². The molecular weight excluding hydrogens is 459 g/mol. The van der Waals surface area contributed by atoms with E-state index in [0.717, 1.165) is 30.3 Å². The van der Waals surface area contributed by atoms with Crippen molar-refractivity contribution in [1.29, 1.82) is 0 Å². The minimum atomic E-state index is -0.541. The van der Waals surface area contributed by atoms with E-state index in [1.807, 2.05) is 12.1 Å². The normalized spacial score (nSPS) is 19.5. The van der Waals surface area contributed by atoms with Crippen molar-refractivity contribution < 1.29 is 9.18 Å². The highest BCUT2D eigenvalue weighted by atomic mass is 19.1. The van der Waals surface area contributed by atoms with Gasteiger partial charge in [0.15, 0.2) is 0 Å². The van der Waals surface area contributed by atoms with Crippen molar-refractivity contribution in [2.75, 3.05) is 24.5 Å². The van der Waals surface area contributed by atoms with Gasteiger partial charge in [-0.15, -0.1) is 0 Å². The Bertz CT molecular complexity index is 1490. The molecule has 182 valence electrons. The van der Waals surface area contributed by atoms with E-state index in [0.29, 0.717) is 42.5 Å². The number of aromatic amines is 1. The van der Waals surface area contributed by atoms with E-state index in [-0.39, 0.29) is 23.1 Å². The number of benzene rings is 2. The molecule has 0 spiro atoms. The van der Waals surface area contributed by atoms with Gasteiger partial charge in [0.1, 0.15) is 5.82 Å². The minimum Gasteiger partial charge on any atom is -0.336 e. The number of aromatic nitrogens is 4. The maximum absolute atomic E-state index is 14.9. The van der Waals surface area contributed by atoms with Gasteiger partial charge in [0.25, 0.3) is 11.5 Å². The fourth-order valence-electron chi connectivity index (χ4n) is 5.55. The number of rotatable bonds is 4. The van der Waals surface area contributed by atoms with E-state index in [2.05, 4.69) is 25.1 Å². The average Bonchev–Trinajstić information content (AvgIpc) is 3.36. The number of carbonyl (C=O) groups is 1. The van der Waals surface area contributed by atoms with Gasteiger partial charge in [-0.2, -0.15) is 5.10 Å². The van der Waals surface area contributed by atoms with Gasteiger partial charge in [-0.3, -0.25) is 9.59 Å². The molecule has 2 aliphatic heterocycles. The second-order valence-electron chi connectivity index (χ2n) is 9.46. The van der Waals surface area contributed by atoms with Gasteiger partial charge >= 0.3 is 0 Å². The Labute approximate surface area is 206 Å². The topological polar surface area (TPSA) is 95.1 Å². The van der Waals surface area contributed by atoms with E-state index < -0.39 is 5.82 Å². The van der Waals surface area contributed by atoms with Crippen molar-refractivity contribution in [3.8, 4) is 0 Å². The first-order chi connectivity index (χ1) is 17.6. The summed E-state index contributed by atoms with van der Waals surface area (Å²) in [5.74, 6) is 0.128. The van der Waals surface area contributed by atoms with Crippen LogP contribution in [-0.4, -0.2) is 56.6 Å². The number of piperidine rings is 1. The summed E-state index contributed by atoms with van der Waals surface area (Å²) in [6.45, 7) is 1.94. The van der Waals surface area contributed by atoms with Gasteiger partial charge in [-0.25, -0.2) is 19.5 Å². The quantitative estimate of drug-likeness (QED) is 0.478. The lowest BCUT2D eigenvalue weighted by molar-refractivity contribution is 0.0781. The van der Waals surface area contributed by atoms with Crippen molar-refractivity contribution >= 4 is 22.6 Å². The lowest BCUT2D eigenvalue weighted by atomic mass is 9.92. The van der Waals surface area contributed by atoms with Gasteiger partial charge in [-0.1, -0.05) is 24.3 Å². The molecule has 0 saturated carbocycles. The summed E-state index contributed by atoms with van der Waals surface area (Å²) in [4.78, 5) is 38.4. The van der Waals surface area contributed by atoms with E-state index >= 15 is 0 Å². The van der Waals surface area contributed by atoms with E-state index in [1.165, 1.54) is 6.07 Å². The summed E-state index contributed by atoms with van der Waals surface area (Å²) in [5, 5.41) is 8.04. The molecule has 4 aromatic rings. The monoisotopic (exact) mass is 484 g/mol. The van der Waals surface area contributed by atoms with Gasteiger partial charge in [0.05, 0.1) is 22.7 Å². The SMILES string of the molecule is O=C(c1cc(Cc2n[nH]c(=O)c3ccccc23)ccc1F)N1CC2CCCN(c3ncccn3)C2C1. The molecule has 4 heterocycles. The van der Waals surface area contributed by atoms with Crippen LogP contribution in [0.15, 0.2) is 65.7 Å². The molecule has 2 atom stereocenters. The zero-order valence-corrected chi connectivity index (χ0v) is 19.6. The van der Waals surface area contributed by atoms with Crippen LogP contribution in [0.25, 0.3) is 10.8 Å². The van der Waals surface area contributed by atoms with Crippen molar-refractivity contribution in [3.05, 3.63) is 93.9 Å². The van der Waals surface area contributed by atoms with Crippen LogP contribution in [0.4, 0.5) is 10.3 Å². The third-order valence-corrected chi connectivity index (χ3v) is 7.28. The Kier molecular flexibility index (Phi) is 5.67. The molecule has 2 fully saturated rings. The highest BCUT2D eigenvalue weighted by Crippen LogP contribution is 2.33. The van der Waals surface area contributed by atoms with E-state index in [1.54, 1.807) is 47.6 Å². The van der Waals surface area contributed by atoms with Crippen LogP contribution in [0.3, 0.4) is 0 Å². The van der Waals surface area contributed by atoms with Crippen LogP contribution in [0, 0.1) is 11.7 Å². The molecule has 0 radical (unpaired) electrons. The maximum Gasteiger partial charge on any atom is 0.272 e. The van der Waals surface area contributed by atoms with E-state index in [9.17, 15) is 14.0 Å². The zero-order chi connectivity index (χ0) is 24.6. The fourth-order valence-corrected chi connectivity index (χ4v) is 5.55. The first-order valence-corrected chi connectivity index (χ1v) is 12.2. The maximum atomic E-state index is 14.9. The van der Waals surface area contributed by atoms with Gasteiger partial charge in [-0.05, 0) is 48.6 Å². The lowest BCUT2D eigenvalue weighted by Crippen LogP contribution is -2.46. The fraction of sp³-hybridized carbons (Fsp3) is 0.296. The van der Waals surface area contributed by atoms with Gasteiger partial charge in [0, 0.05) is 43.8 Å². The predicted octanol–water partition coefficient (Wildman–Crippen LogP) is 3.18. The number of halogens is 1. The van der Waals surface area contributed by atoms with Gasteiger partial charge in [0.2, 0.25) is 5.95 Å². The molecule has 8 nitrogen and oxygen atoms in total. The molecule has 9 heteroatoms. The third kappa shape index (κ3) is 4.00. The number of amides is 1. The molecule has 6 rings (SSSR count). The van der Waals surface area contributed by atoms with Crippen LogP contribution in [-0.2, 0) is 6.42 Å². The number of hydrogen-bond acceptors (Lipinski definition) is 6. The summed E-state index contributed by atoms with van der Waals surface area (Å²) in [6, 6.07) is 13.8. The number of likely N-dealkylation sites (tertiary alicyclic amines) is 1. The summed E-state index contributed by atoms with van der Waals surface area (Å²) in [5.41, 5.74) is 1.22. The predicted molar refractivity (Wildman–Crippen MR) is 133 cm³/mol. The molecule has 36 heavy (non-hydrogen) atoms. The molecule has 2 aromatic heterocycles. The first-order valence-electron chi connectivity index (χ1n) is 12.2. The number of H-pyrrole nitrogens is 1. The Morgan fingerprint density at radius 3 is 2.69 bits per heavy atom. The number of hydrogen-bond donors (Lipinski definition) is 1. The van der Waals surface area contributed by atoms with Crippen LogP contribution in [0.1, 0.15) is 34.5 Å². The summed E-state index contributed by atoms with van der Waals surface area (Å²) in [6.07, 6.45) is 5.84. The summed E-state index contributed by atoms with van der Waals surface area (Å²) >= 11 is 0. The standard InChI is InChI=1S/C27H25FN6O2/c28-22-9-8-17(14-23-19-6-1-2-7-20(19)25(35)32-31-23)13-21(22)26(36)33-15-18-5-3-12-34(24(18)16-33)27-29-10-4-11-30-27/h1-2,4,6-11,13,18,24H,3,5,12,14-16H2,(H,32,35). The molecule has 0 bridgehead atoms. The number of carbonyl (C=O) groups excluding carboxylic acids is 1. The van der Waals surface area contributed by atoms with Crippen LogP contribution in [0.2, 0.25) is 0 Å². The number of anilines is 1. The Morgan fingerprint density at radius 2 is 1.86 bits per heavy atom. The summed E-state index contributed by atoms with van der Waals surface area (Å²) in [7, 11) is 0. The molecule has 2 aliphatic rings. The average molecular weight is 485 g/mol. The molecule has 0 aliphatic carbocycles. The molecular formula is C27H25FN6O2. The highest BCUT2D eigenvalue weighted by molar-refractivity contribution is 5.95. The first kappa shape index (κ1) is 22.3. The van der Waals surface area contributed by atoms with Gasteiger partial charge < -0.3 is 9.80 Å². The molecule has 1 amide bonds.